The zero-order valence-corrected chi connectivity index (χ0v) is 22.3. The molecule has 6 rings (SSSR count). The topological polar surface area (TPSA) is 84.6 Å². The summed E-state index contributed by atoms with van der Waals surface area (Å²) < 4.78 is 81.8. The molecule has 1 saturated carbocycles. The Morgan fingerprint density at radius 2 is 1.82 bits per heavy atom. The maximum absolute atomic E-state index is 14.3. The van der Waals surface area contributed by atoms with Crippen LogP contribution in [0.1, 0.15) is 67.0 Å². The predicted octanol–water partition coefficient (Wildman–Crippen LogP) is 4.57. The summed E-state index contributed by atoms with van der Waals surface area (Å²) in [5.74, 6) is -2.41. The van der Waals surface area contributed by atoms with Gasteiger partial charge in [-0.25, -0.2) is 17.9 Å². The van der Waals surface area contributed by atoms with E-state index in [0.717, 1.165) is 36.7 Å². The third-order valence-corrected chi connectivity index (χ3v) is 10.8. The SMILES string of the molecule is CN(C(=O)C1CCS(=O)(=O)CC1)[C@H](c1ccc([C@H]2c3cnc4cc(F)nn4c3[C@@]3(C)CC[C@@H]23)cc1)C(F)(F)F. The molecule has 0 radical (unpaired) electrons. The van der Waals surface area contributed by atoms with Crippen LogP contribution >= 0.6 is 0 Å². The molecule has 2 fully saturated rings. The molecule has 0 N–H and O–H groups in total. The third kappa shape index (κ3) is 4.13. The molecule has 7 nitrogen and oxygen atoms in total. The summed E-state index contributed by atoms with van der Waals surface area (Å²) in [7, 11) is -2.12. The van der Waals surface area contributed by atoms with Gasteiger partial charge in [-0.15, -0.1) is 5.10 Å². The minimum absolute atomic E-state index is 0.0255. The number of alkyl halides is 3. The zero-order valence-electron chi connectivity index (χ0n) is 21.4. The molecule has 3 aromatic rings. The number of hydrogen-bond donors (Lipinski definition) is 0. The van der Waals surface area contributed by atoms with E-state index in [2.05, 4.69) is 17.0 Å². The molecule has 2 aliphatic carbocycles. The van der Waals surface area contributed by atoms with Gasteiger partial charge in [-0.1, -0.05) is 31.2 Å². The number of amides is 1. The summed E-state index contributed by atoms with van der Waals surface area (Å²) in [5, 5.41) is 4.02. The molecule has 12 heteroatoms. The van der Waals surface area contributed by atoms with Crippen molar-refractivity contribution in [2.75, 3.05) is 18.6 Å². The molecule has 0 spiro atoms. The molecule has 0 bridgehead atoms. The van der Waals surface area contributed by atoms with E-state index >= 15 is 0 Å². The van der Waals surface area contributed by atoms with E-state index in [0.29, 0.717) is 10.5 Å². The van der Waals surface area contributed by atoms with Crippen LogP contribution in [0.4, 0.5) is 17.6 Å². The van der Waals surface area contributed by atoms with E-state index in [9.17, 15) is 30.8 Å². The molecule has 208 valence electrons. The highest BCUT2D eigenvalue weighted by molar-refractivity contribution is 7.91. The monoisotopic (exact) mass is 564 g/mol. The number of benzene rings is 1. The van der Waals surface area contributed by atoms with Crippen LogP contribution in [-0.4, -0.2) is 58.6 Å². The highest BCUT2D eigenvalue weighted by Gasteiger charge is 2.57. The van der Waals surface area contributed by atoms with Crippen molar-refractivity contribution in [2.45, 2.75) is 56.2 Å². The molecule has 3 heterocycles. The van der Waals surface area contributed by atoms with Crippen molar-refractivity contribution in [3.8, 4) is 0 Å². The van der Waals surface area contributed by atoms with Crippen LogP contribution in [0.2, 0.25) is 0 Å². The van der Waals surface area contributed by atoms with Gasteiger partial charge in [-0.2, -0.15) is 17.6 Å². The molecule has 1 amide bonds. The molecule has 1 saturated heterocycles. The van der Waals surface area contributed by atoms with Crippen molar-refractivity contribution < 1.29 is 30.8 Å². The summed E-state index contributed by atoms with van der Waals surface area (Å²) in [4.78, 5) is 18.1. The fraction of sp³-hybridized carbons (Fsp3) is 0.519. The Labute approximate surface area is 223 Å². The summed E-state index contributed by atoms with van der Waals surface area (Å²) in [5.41, 5.74) is 2.74. The normalized spacial score (nSPS) is 27.0. The smallest absolute Gasteiger partial charge is 0.330 e. The van der Waals surface area contributed by atoms with E-state index in [4.69, 9.17) is 0 Å². The summed E-state index contributed by atoms with van der Waals surface area (Å²) >= 11 is 0. The lowest BCUT2D eigenvalue weighted by Crippen LogP contribution is -2.44. The highest BCUT2D eigenvalue weighted by atomic mass is 32.2. The van der Waals surface area contributed by atoms with Crippen LogP contribution in [0.3, 0.4) is 0 Å². The highest BCUT2D eigenvalue weighted by Crippen LogP contribution is 2.63. The molecule has 2 aromatic heterocycles. The zero-order chi connectivity index (χ0) is 27.9. The lowest BCUT2D eigenvalue weighted by molar-refractivity contribution is -0.190. The second kappa shape index (κ2) is 8.74. The van der Waals surface area contributed by atoms with Gasteiger partial charge in [-0.05, 0) is 42.7 Å². The summed E-state index contributed by atoms with van der Waals surface area (Å²) in [6.07, 6.45) is -1.13. The fourth-order valence-corrected chi connectivity index (χ4v) is 8.48. The van der Waals surface area contributed by atoms with Gasteiger partial charge in [0.15, 0.2) is 11.7 Å². The third-order valence-electron chi connectivity index (χ3n) is 9.11. The first-order chi connectivity index (χ1) is 18.3. The largest absolute Gasteiger partial charge is 0.413 e. The molecule has 1 aliphatic heterocycles. The number of halogens is 4. The molecule has 0 unspecified atom stereocenters. The Kier molecular flexibility index (Phi) is 5.87. The number of nitrogens with zero attached hydrogens (tertiary/aromatic N) is 4. The van der Waals surface area contributed by atoms with Crippen LogP contribution in [0.25, 0.3) is 5.65 Å². The number of carbonyl (C=O) groups excluding carboxylic acids is 1. The number of sulfone groups is 1. The number of aromatic nitrogens is 3. The molecule has 4 atom stereocenters. The Morgan fingerprint density at radius 3 is 2.41 bits per heavy atom. The number of hydrogen-bond acceptors (Lipinski definition) is 5. The Bertz CT molecular complexity index is 1560. The fourth-order valence-electron chi connectivity index (χ4n) is 6.99. The van der Waals surface area contributed by atoms with Crippen molar-refractivity contribution in [3.05, 3.63) is 64.9 Å². The second-order valence-corrected chi connectivity index (χ2v) is 13.6. The van der Waals surface area contributed by atoms with Gasteiger partial charge in [0.1, 0.15) is 9.84 Å². The van der Waals surface area contributed by atoms with Crippen molar-refractivity contribution in [1.29, 1.82) is 0 Å². The molecular weight excluding hydrogens is 536 g/mol. The van der Waals surface area contributed by atoms with Crippen molar-refractivity contribution in [1.82, 2.24) is 19.5 Å². The lowest BCUT2D eigenvalue weighted by Gasteiger charge is -2.44. The number of rotatable bonds is 4. The average Bonchev–Trinajstić information content (AvgIpc) is 3.31. The lowest BCUT2D eigenvalue weighted by atomic mass is 9.59. The average molecular weight is 565 g/mol. The quantitative estimate of drug-likeness (QED) is 0.434. The minimum Gasteiger partial charge on any atom is -0.330 e. The standard InChI is InChI=1S/C27H28F4N4O3S/c1-26-10-7-19(26)22(18-14-32-21-13-20(28)33-35(21)24(18)26)15-3-5-16(6-4-15)23(27(29,30)31)34(2)25(36)17-8-11-39(37,38)12-9-17/h3-6,13-14,17,19,22-23H,7-12H2,1-2H3/t19-,22-,23+,26-/m0/s1. The van der Waals surface area contributed by atoms with Crippen LogP contribution in [0, 0.1) is 17.8 Å². The van der Waals surface area contributed by atoms with Crippen LogP contribution in [-0.2, 0) is 20.0 Å². The maximum Gasteiger partial charge on any atom is 0.413 e. The molecular formula is C27H28F4N4O3S. The van der Waals surface area contributed by atoms with Gasteiger partial charge in [-0.3, -0.25) is 4.79 Å². The second-order valence-electron chi connectivity index (χ2n) is 11.3. The van der Waals surface area contributed by atoms with Crippen LogP contribution in [0.15, 0.2) is 36.5 Å². The summed E-state index contributed by atoms with van der Waals surface area (Å²) in [6.45, 7) is 2.12. The van der Waals surface area contributed by atoms with Crippen molar-refractivity contribution >= 4 is 21.4 Å². The van der Waals surface area contributed by atoms with Gasteiger partial charge >= 0.3 is 6.18 Å². The van der Waals surface area contributed by atoms with E-state index in [1.165, 1.54) is 18.2 Å². The van der Waals surface area contributed by atoms with Gasteiger partial charge in [0.25, 0.3) is 0 Å². The van der Waals surface area contributed by atoms with Crippen molar-refractivity contribution in [2.24, 2.45) is 11.8 Å². The predicted molar refractivity (Wildman–Crippen MR) is 134 cm³/mol. The van der Waals surface area contributed by atoms with E-state index in [-0.39, 0.29) is 47.2 Å². The minimum atomic E-state index is -4.72. The summed E-state index contributed by atoms with van der Waals surface area (Å²) in [6, 6.07) is 5.29. The Balaban J connectivity index is 1.31. The van der Waals surface area contributed by atoms with E-state index < -0.39 is 39.8 Å². The van der Waals surface area contributed by atoms with Gasteiger partial charge < -0.3 is 4.90 Å². The van der Waals surface area contributed by atoms with E-state index in [1.807, 2.05) is 0 Å². The number of carbonyl (C=O) groups is 1. The maximum atomic E-state index is 14.3. The van der Waals surface area contributed by atoms with Gasteiger partial charge in [0.05, 0.1) is 17.2 Å². The first-order valence-electron chi connectivity index (χ1n) is 13.0. The first kappa shape index (κ1) is 26.2. The molecule has 39 heavy (non-hydrogen) atoms. The van der Waals surface area contributed by atoms with Crippen molar-refractivity contribution in [3.63, 3.8) is 0 Å². The first-order valence-corrected chi connectivity index (χ1v) is 14.8. The van der Waals surface area contributed by atoms with Gasteiger partial charge in [0, 0.05) is 42.1 Å². The Hall–Kier alpha value is -3.02. The molecule has 3 aliphatic rings. The number of fused-ring (bicyclic) bond motifs is 5. The van der Waals surface area contributed by atoms with E-state index in [1.54, 1.807) is 22.8 Å². The Morgan fingerprint density at radius 1 is 1.15 bits per heavy atom. The van der Waals surface area contributed by atoms with Gasteiger partial charge in [0.2, 0.25) is 11.9 Å². The molecule has 1 aromatic carbocycles. The van der Waals surface area contributed by atoms with Crippen LogP contribution < -0.4 is 0 Å². The van der Waals surface area contributed by atoms with Crippen LogP contribution in [0.5, 0.6) is 0 Å².